The maximum atomic E-state index is 12.6. The lowest BCUT2D eigenvalue weighted by molar-refractivity contribution is -0.149. The molecule has 1 aromatic rings. The first-order valence-corrected chi connectivity index (χ1v) is 13.5. The Balaban J connectivity index is 2.41. The van der Waals surface area contributed by atoms with Gasteiger partial charge in [-0.25, -0.2) is 0 Å². The third-order valence-electron chi connectivity index (χ3n) is 6.21. The van der Waals surface area contributed by atoms with Crippen LogP contribution in [0.1, 0.15) is 109 Å². The van der Waals surface area contributed by atoms with E-state index in [1.54, 1.807) is 21.1 Å². The van der Waals surface area contributed by atoms with Crippen molar-refractivity contribution in [3.05, 3.63) is 35.9 Å². The van der Waals surface area contributed by atoms with Crippen molar-refractivity contribution in [3.63, 3.8) is 0 Å². The summed E-state index contributed by atoms with van der Waals surface area (Å²) in [5, 5.41) is 0. The third-order valence-corrected chi connectivity index (χ3v) is 6.21. The van der Waals surface area contributed by atoms with E-state index < -0.39 is 0 Å². The van der Waals surface area contributed by atoms with Gasteiger partial charge in [0.1, 0.15) is 11.9 Å². The van der Waals surface area contributed by atoms with Gasteiger partial charge >= 0.3 is 5.97 Å². The summed E-state index contributed by atoms with van der Waals surface area (Å²) in [5.74, 6) is 1.51. The molecule has 0 heterocycles. The van der Waals surface area contributed by atoms with Crippen molar-refractivity contribution in [2.75, 3.05) is 14.2 Å². The first-order chi connectivity index (χ1) is 17.0. The highest BCUT2D eigenvalue weighted by atomic mass is 16.5. The topological polar surface area (TPSA) is 61.8 Å². The molecule has 0 bridgehead atoms. The van der Waals surface area contributed by atoms with Gasteiger partial charge in [-0.2, -0.15) is 0 Å². The molecule has 0 amide bonds. The minimum Gasteiger partial charge on any atom is -0.493 e. The zero-order valence-corrected chi connectivity index (χ0v) is 22.6. The van der Waals surface area contributed by atoms with Crippen LogP contribution < -0.4 is 9.47 Å². The van der Waals surface area contributed by atoms with Crippen molar-refractivity contribution in [3.8, 4) is 11.5 Å². The number of hydrogen-bond acceptors (Lipinski definition) is 5. The van der Waals surface area contributed by atoms with E-state index in [0.717, 1.165) is 44.1 Å². The second kappa shape index (κ2) is 19.9. The summed E-state index contributed by atoms with van der Waals surface area (Å²) in [7, 11) is 3.23. The lowest BCUT2D eigenvalue weighted by atomic mass is 10.1. The molecule has 1 unspecified atom stereocenters. The quantitative estimate of drug-likeness (QED) is 0.100. The normalized spacial score (nSPS) is 12.0. The number of ketones is 1. The Hall–Kier alpha value is -2.30. The molecule has 0 spiro atoms. The number of benzene rings is 1. The molecule has 0 aliphatic rings. The number of esters is 1. The van der Waals surface area contributed by atoms with Crippen LogP contribution >= 0.6 is 0 Å². The fraction of sp³-hybridized carbons (Fsp3) is 0.667. The molecule has 198 valence electrons. The largest absolute Gasteiger partial charge is 0.493 e. The van der Waals surface area contributed by atoms with Crippen molar-refractivity contribution < 1.29 is 23.8 Å². The number of carbonyl (C=O) groups excluding carboxylic acids is 2. The average Bonchev–Trinajstić information content (AvgIpc) is 2.85. The zero-order valence-electron chi connectivity index (χ0n) is 22.6. The van der Waals surface area contributed by atoms with Crippen molar-refractivity contribution in [2.45, 2.75) is 116 Å². The molecule has 35 heavy (non-hydrogen) atoms. The monoisotopic (exact) mass is 488 g/mol. The highest BCUT2D eigenvalue weighted by Crippen LogP contribution is 2.28. The first-order valence-electron chi connectivity index (χ1n) is 13.5. The van der Waals surface area contributed by atoms with Crippen molar-refractivity contribution >= 4 is 11.8 Å². The molecule has 0 radical (unpaired) electrons. The summed E-state index contributed by atoms with van der Waals surface area (Å²) in [6, 6.07) is 5.75. The maximum Gasteiger partial charge on any atom is 0.306 e. The fourth-order valence-corrected chi connectivity index (χ4v) is 4.08. The van der Waals surface area contributed by atoms with Crippen molar-refractivity contribution in [1.82, 2.24) is 0 Å². The number of rotatable bonds is 21. The number of ether oxygens (including phenoxy) is 3. The number of hydrogen-bond donors (Lipinski definition) is 0. The zero-order chi connectivity index (χ0) is 25.7. The molecule has 0 aliphatic carbocycles. The van der Waals surface area contributed by atoms with E-state index in [9.17, 15) is 9.59 Å². The summed E-state index contributed by atoms with van der Waals surface area (Å²) in [6.45, 7) is 3.87. The van der Waals surface area contributed by atoms with Gasteiger partial charge in [-0.15, -0.1) is 0 Å². The van der Waals surface area contributed by atoms with E-state index in [2.05, 4.69) is 19.1 Å². The highest BCUT2D eigenvalue weighted by molar-refractivity contribution is 5.75. The molecule has 1 rings (SSSR count). The van der Waals surface area contributed by atoms with E-state index >= 15 is 0 Å². The van der Waals surface area contributed by atoms with Gasteiger partial charge in [0.25, 0.3) is 0 Å². The van der Waals surface area contributed by atoms with Gasteiger partial charge in [0, 0.05) is 19.3 Å². The number of aryl methyl sites for hydroxylation is 1. The van der Waals surface area contributed by atoms with Gasteiger partial charge in [-0.1, -0.05) is 63.7 Å². The van der Waals surface area contributed by atoms with E-state index in [1.807, 2.05) is 18.2 Å². The fourth-order valence-electron chi connectivity index (χ4n) is 4.08. The summed E-state index contributed by atoms with van der Waals surface area (Å²) in [5.41, 5.74) is 1.03. The molecule has 0 aromatic heterocycles. The summed E-state index contributed by atoms with van der Waals surface area (Å²) >= 11 is 0. The van der Waals surface area contributed by atoms with Crippen LogP contribution in [0.3, 0.4) is 0 Å². The molecule has 5 nitrogen and oxygen atoms in total. The molecular formula is C30H48O5. The van der Waals surface area contributed by atoms with Gasteiger partial charge in [0.15, 0.2) is 11.5 Å². The summed E-state index contributed by atoms with van der Waals surface area (Å²) in [4.78, 5) is 23.5. The number of methoxy groups -OCH3 is 2. The molecule has 0 fully saturated rings. The predicted octanol–water partition coefficient (Wildman–Crippen LogP) is 7.78. The van der Waals surface area contributed by atoms with Gasteiger partial charge in [0.2, 0.25) is 0 Å². The van der Waals surface area contributed by atoms with Gasteiger partial charge < -0.3 is 19.0 Å². The van der Waals surface area contributed by atoms with E-state index in [0.29, 0.717) is 36.5 Å². The van der Waals surface area contributed by atoms with Crippen LogP contribution in [-0.4, -0.2) is 32.1 Å². The first kappa shape index (κ1) is 30.7. The predicted molar refractivity (Wildman–Crippen MR) is 143 cm³/mol. The van der Waals surface area contributed by atoms with Gasteiger partial charge in [-0.3, -0.25) is 4.79 Å². The van der Waals surface area contributed by atoms with Crippen LogP contribution in [0.25, 0.3) is 0 Å². The van der Waals surface area contributed by atoms with E-state index in [-0.39, 0.29) is 12.1 Å². The molecule has 0 saturated carbocycles. The van der Waals surface area contributed by atoms with E-state index in [1.165, 1.54) is 38.5 Å². The number of allylic oxidation sites excluding steroid dienone is 1. The van der Waals surface area contributed by atoms with Gasteiger partial charge in [-0.05, 0) is 63.1 Å². The Morgan fingerprint density at radius 1 is 0.857 bits per heavy atom. The van der Waals surface area contributed by atoms with Gasteiger partial charge in [0.05, 0.1) is 14.2 Å². The average molecular weight is 489 g/mol. The molecule has 0 aliphatic heterocycles. The molecule has 5 heteroatoms. The Labute approximate surface area is 213 Å². The number of unbranched alkanes of at least 4 members (excludes halogenated alkanes) is 8. The standard InChI is InChI=1S/C30H48O5/c1-5-6-7-15-18-27(19-16-13-11-9-8-10-12-14-17-25(2)31)35-30(32)23-21-26-20-22-28(33-3)29(24-26)34-4/h13,16,20,22,24,27H,5-12,14-15,17-19,21,23H2,1-4H3/b16-13-. The Morgan fingerprint density at radius 2 is 1.57 bits per heavy atom. The van der Waals surface area contributed by atoms with Crippen LogP contribution in [0.2, 0.25) is 0 Å². The third kappa shape index (κ3) is 15.3. The Bertz CT molecular complexity index is 740. The molecule has 1 aromatic carbocycles. The van der Waals surface area contributed by atoms with Crippen LogP contribution in [-0.2, 0) is 20.7 Å². The van der Waals surface area contributed by atoms with Crippen LogP contribution in [0, 0.1) is 0 Å². The minimum atomic E-state index is -0.140. The van der Waals surface area contributed by atoms with Crippen LogP contribution in [0.5, 0.6) is 11.5 Å². The van der Waals surface area contributed by atoms with Crippen LogP contribution in [0.4, 0.5) is 0 Å². The van der Waals surface area contributed by atoms with Crippen LogP contribution in [0.15, 0.2) is 30.4 Å². The molecule has 0 N–H and O–H groups in total. The lowest BCUT2D eigenvalue weighted by Gasteiger charge is -2.17. The number of carbonyl (C=O) groups is 2. The van der Waals surface area contributed by atoms with Crippen molar-refractivity contribution in [1.29, 1.82) is 0 Å². The summed E-state index contributed by atoms with van der Waals surface area (Å²) < 4.78 is 16.5. The number of Topliss-reactive ketones (excluding diaryl/α,β-unsaturated/α-hetero) is 1. The Kier molecular flexibility index (Phi) is 17.5. The molecular weight excluding hydrogens is 440 g/mol. The molecule has 0 saturated heterocycles. The second-order valence-electron chi connectivity index (χ2n) is 9.37. The highest BCUT2D eigenvalue weighted by Gasteiger charge is 2.14. The summed E-state index contributed by atoms with van der Waals surface area (Å²) in [6.07, 6.45) is 19.2. The second-order valence-corrected chi connectivity index (χ2v) is 9.37. The molecule has 1 atom stereocenters. The minimum absolute atomic E-state index is 0.0485. The maximum absolute atomic E-state index is 12.6. The van der Waals surface area contributed by atoms with E-state index in [4.69, 9.17) is 14.2 Å². The smallest absolute Gasteiger partial charge is 0.306 e. The SMILES string of the molecule is CCCCCCC(C/C=C\CCCCCCCC(C)=O)OC(=O)CCc1ccc(OC)c(OC)c1. The van der Waals surface area contributed by atoms with Crippen molar-refractivity contribution in [2.24, 2.45) is 0 Å². The lowest BCUT2D eigenvalue weighted by Crippen LogP contribution is -2.18. The Morgan fingerprint density at radius 3 is 2.29 bits per heavy atom.